The van der Waals surface area contributed by atoms with Crippen LogP contribution in [0.25, 0.3) is 0 Å². The Hall–Kier alpha value is -2.19. The molecule has 0 aliphatic carbocycles. The highest BCUT2D eigenvalue weighted by molar-refractivity contribution is 7.88. The van der Waals surface area contributed by atoms with Gasteiger partial charge >= 0.3 is 0 Å². The van der Waals surface area contributed by atoms with Crippen LogP contribution >= 0.6 is 0 Å². The van der Waals surface area contributed by atoms with Crippen LogP contribution in [0.3, 0.4) is 0 Å². The highest BCUT2D eigenvalue weighted by atomic mass is 32.2. The number of aromatic nitrogens is 2. The molecule has 8 heteroatoms. The fraction of sp³-hybridized carbons (Fsp3) is 0.444. The minimum atomic E-state index is -3.20. The second-order valence-corrected chi connectivity index (χ2v) is 8.72. The van der Waals surface area contributed by atoms with E-state index in [0.717, 1.165) is 17.0 Å². The largest absolute Gasteiger partial charge is 0.336 e. The van der Waals surface area contributed by atoms with Gasteiger partial charge in [0.15, 0.2) is 0 Å². The molecule has 1 saturated heterocycles. The van der Waals surface area contributed by atoms with E-state index in [9.17, 15) is 13.2 Å². The van der Waals surface area contributed by atoms with Crippen LogP contribution in [-0.2, 0) is 16.6 Å². The predicted octanol–water partition coefficient (Wildman–Crippen LogP) is 1.27. The summed E-state index contributed by atoms with van der Waals surface area (Å²) in [5.74, 6) is -0.0617. The van der Waals surface area contributed by atoms with Crippen LogP contribution in [0.5, 0.6) is 0 Å². The molecule has 0 unspecified atom stereocenters. The van der Waals surface area contributed by atoms with E-state index in [0.29, 0.717) is 38.3 Å². The average Bonchev–Trinajstić information content (AvgIpc) is 2.91. The number of carbonyl (C=O) groups is 1. The van der Waals surface area contributed by atoms with Gasteiger partial charge in [-0.25, -0.2) is 8.42 Å². The molecular weight excluding hydrogens is 352 g/mol. The first-order valence-corrected chi connectivity index (χ1v) is 10.4. The van der Waals surface area contributed by atoms with E-state index in [1.165, 1.54) is 10.6 Å². The van der Waals surface area contributed by atoms with E-state index >= 15 is 0 Å². The molecule has 1 aliphatic heterocycles. The molecule has 1 amide bonds. The Labute approximate surface area is 154 Å². The van der Waals surface area contributed by atoms with Crippen molar-refractivity contribution in [1.82, 2.24) is 19.0 Å². The molecule has 0 saturated carbocycles. The molecule has 1 fully saturated rings. The lowest BCUT2D eigenvalue weighted by Gasteiger charge is -2.33. The number of hydrogen-bond acceptors (Lipinski definition) is 4. The van der Waals surface area contributed by atoms with Crippen molar-refractivity contribution in [3.8, 4) is 0 Å². The van der Waals surface area contributed by atoms with Gasteiger partial charge in [0.25, 0.3) is 5.91 Å². The first-order chi connectivity index (χ1) is 12.2. The maximum absolute atomic E-state index is 12.8. The second kappa shape index (κ2) is 7.20. The minimum Gasteiger partial charge on any atom is -0.336 e. The van der Waals surface area contributed by atoms with Crippen molar-refractivity contribution >= 4 is 15.9 Å². The molecule has 0 N–H and O–H groups in total. The van der Waals surface area contributed by atoms with Gasteiger partial charge in [0, 0.05) is 37.4 Å². The Balaban J connectivity index is 1.70. The molecule has 0 atom stereocenters. The van der Waals surface area contributed by atoms with E-state index in [1.54, 1.807) is 11.0 Å². The average molecular weight is 376 g/mol. The topological polar surface area (TPSA) is 75.5 Å². The summed E-state index contributed by atoms with van der Waals surface area (Å²) in [6.07, 6.45) is 1.20. The number of amides is 1. The Morgan fingerprint density at radius 1 is 1.12 bits per heavy atom. The van der Waals surface area contributed by atoms with Crippen LogP contribution in [-0.4, -0.2) is 65.7 Å². The normalized spacial score (nSPS) is 16.0. The second-order valence-electron chi connectivity index (χ2n) is 6.74. The van der Waals surface area contributed by atoms with Crippen molar-refractivity contribution in [2.45, 2.75) is 20.4 Å². The minimum absolute atomic E-state index is 0.0617. The number of aryl methyl sites for hydroxylation is 2. The third-order valence-electron chi connectivity index (χ3n) is 4.60. The summed E-state index contributed by atoms with van der Waals surface area (Å²) in [5.41, 5.74) is 3.68. The van der Waals surface area contributed by atoms with Crippen molar-refractivity contribution in [2.75, 3.05) is 32.4 Å². The van der Waals surface area contributed by atoms with Gasteiger partial charge in [0.2, 0.25) is 10.0 Å². The maximum Gasteiger partial charge on any atom is 0.253 e. The van der Waals surface area contributed by atoms with Crippen LogP contribution in [0.2, 0.25) is 0 Å². The molecule has 1 aliphatic rings. The predicted molar refractivity (Wildman–Crippen MR) is 99.6 cm³/mol. The van der Waals surface area contributed by atoms with Crippen molar-refractivity contribution < 1.29 is 13.2 Å². The number of nitrogens with zero attached hydrogens (tertiary/aromatic N) is 4. The molecule has 0 radical (unpaired) electrons. The number of sulfonamides is 1. The summed E-state index contributed by atoms with van der Waals surface area (Å²) < 4.78 is 26.5. The summed E-state index contributed by atoms with van der Waals surface area (Å²) in [4.78, 5) is 14.5. The number of benzene rings is 1. The highest BCUT2D eigenvalue weighted by Gasteiger charge is 2.26. The van der Waals surface area contributed by atoms with E-state index in [-0.39, 0.29) is 5.91 Å². The summed E-state index contributed by atoms with van der Waals surface area (Å²) in [7, 11) is -3.20. The molecule has 0 bridgehead atoms. The van der Waals surface area contributed by atoms with Crippen molar-refractivity contribution in [3.05, 3.63) is 52.8 Å². The van der Waals surface area contributed by atoms with Gasteiger partial charge in [-0.3, -0.25) is 9.48 Å². The highest BCUT2D eigenvalue weighted by Crippen LogP contribution is 2.14. The lowest BCUT2D eigenvalue weighted by Crippen LogP contribution is -2.50. The van der Waals surface area contributed by atoms with Gasteiger partial charge in [-0.2, -0.15) is 9.40 Å². The number of piperazine rings is 1. The summed E-state index contributed by atoms with van der Waals surface area (Å²) in [6.45, 7) is 6.09. The Kier molecular flexibility index (Phi) is 5.15. The smallest absolute Gasteiger partial charge is 0.253 e. The third kappa shape index (κ3) is 4.13. The fourth-order valence-corrected chi connectivity index (χ4v) is 4.04. The Morgan fingerprint density at radius 3 is 2.38 bits per heavy atom. The first kappa shape index (κ1) is 18.6. The molecule has 3 rings (SSSR count). The molecule has 1 aromatic carbocycles. The zero-order valence-electron chi connectivity index (χ0n) is 15.3. The van der Waals surface area contributed by atoms with Crippen LogP contribution < -0.4 is 0 Å². The summed E-state index contributed by atoms with van der Waals surface area (Å²) >= 11 is 0. The van der Waals surface area contributed by atoms with Gasteiger partial charge < -0.3 is 4.90 Å². The third-order valence-corrected chi connectivity index (χ3v) is 5.91. The van der Waals surface area contributed by atoms with E-state index in [4.69, 9.17) is 0 Å². The monoisotopic (exact) mass is 376 g/mol. The SMILES string of the molecule is Cc1cc(C)n(Cc2cccc(C(=O)N3CCN(S(C)(=O)=O)CC3)c2)n1. The van der Waals surface area contributed by atoms with Crippen LogP contribution in [0, 0.1) is 13.8 Å². The molecule has 0 spiro atoms. The number of hydrogen-bond donors (Lipinski definition) is 0. The fourth-order valence-electron chi connectivity index (χ4n) is 3.22. The summed E-state index contributed by atoms with van der Waals surface area (Å²) in [5, 5.41) is 4.46. The maximum atomic E-state index is 12.8. The van der Waals surface area contributed by atoms with Crippen molar-refractivity contribution in [2.24, 2.45) is 0 Å². The zero-order chi connectivity index (χ0) is 18.9. The molecular formula is C18H24N4O3S. The molecule has 26 heavy (non-hydrogen) atoms. The van der Waals surface area contributed by atoms with Crippen molar-refractivity contribution in [1.29, 1.82) is 0 Å². The number of rotatable bonds is 4. The molecule has 2 aromatic rings. The quantitative estimate of drug-likeness (QED) is 0.805. The number of carbonyl (C=O) groups excluding carboxylic acids is 1. The first-order valence-electron chi connectivity index (χ1n) is 8.58. The van der Waals surface area contributed by atoms with Crippen LogP contribution in [0.15, 0.2) is 30.3 Å². The van der Waals surface area contributed by atoms with E-state index in [1.807, 2.05) is 42.8 Å². The van der Waals surface area contributed by atoms with Gasteiger partial charge in [0.1, 0.15) is 0 Å². The Morgan fingerprint density at radius 2 is 1.81 bits per heavy atom. The lowest BCUT2D eigenvalue weighted by atomic mass is 10.1. The standard InChI is InChI=1S/C18H24N4O3S/c1-14-11-15(2)22(19-14)13-16-5-4-6-17(12-16)18(23)20-7-9-21(10-8-20)26(3,24)25/h4-6,11-12H,7-10,13H2,1-3H3. The van der Waals surface area contributed by atoms with Crippen LogP contribution in [0.1, 0.15) is 27.3 Å². The molecule has 2 heterocycles. The van der Waals surface area contributed by atoms with Gasteiger partial charge in [-0.15, -0.1) is 0 Å². The van der Waals surface area contributed by atoms with E-state index < -0.39 is 10.0 Å². The molecule has 1 aromatic heterocycles. The molecule has 140 valence electrons. The lowest BCUT2D eigenvalue weighted by molar-refractivity contribution is 0.0698. The molecule has 7 nitrogen and oxygen atoms in total. The van der Waals surface area contributed by atoms with Gasteiger partial charge in [-0.05, 0) is 37.6 Å². The summed E-state index contributed by atoms with van der Waals surface area (Å²) in [6, 6.07) is 9.57. The van der Waals surface area contributed by atoms with Gasteiger partial charge in [0.05, 0.1) is 18.5 Å². The Bertz CT molecular complexity index is 912. The van der Waals surface area contributed by atoms with Crippen LogP contribution in [0.4, 0.5) is 0 Å². The van der Waals surface area contributed by atoms with E-state index in [2.05, 4.69) is 5.10 Å². The zero-order valence-corrected chi connectivity index (χ0v) is 16.2. The van der Waals surface area contributed by atoms with Gasteiger partial charge in [-0.1, -0.05) is 12.1 Å². The van der Waals surface area contributed by atoms with Crippen molar-refractivity contribution in [3.63, 3.8) is 0 Å².